The number of rotatable bonds is 3. The molecular weight excluding hydrogens is 333 g/mol. The lowest BCUT2D eigenvalue weighted by Gasteiger charge is -2.29. The summed E-state index contributed by atoms with van der Waals surface area (Å²) in [5.74, 6) is -4.10. The second kappa shape index (κ2) is 5.41. The van der Waals surface area contributed by atoms with Crippen LogP contribution in [-0.2, 0) is 4.74 Å². The number of hydrogen-bond acceptors (Lipinski definition) is 6. The van der Waals surface area contributed by atoms with E-state index >= 15 is 0 Å². The summed E-state index contributed by atoms with van der Waals surface area (Å²) in [5.41, 5.74) is -2.76. The number of aliphatic hydroxyl groups is 3. The minimum atomic E-state index is -3.12. The van der Waals surface area contributed by atoms with Crippen molar-refractivity contribution in [1.82, 2.24) is 9.55 Å². The largest absolute Gasteiger partial charge is 0.390 e. The van der Waals surface area contributed by atoms with Gasteiger partial charge in [-0.3, -0.25) is 4.57 Å². The SMILES string of the molecule is OC[C@@]1(F)O[C@@H](n2cc(F)c(=S)[nH]c2=S)C(O)(CF)[C@H]1O. The Labute approximate surface area is 126 Å². The number of nitrogens with one attached hydrogen (secondary N) is 1. The summed E-state index contributed by atoms with van der Waals surface area (Å²) in [6.07, 6.45) is -3.62. The topological polar surface area (TPSA) is 90.6 Å². The van der Waals surface area contributed by atoms with Crippen LogP contribution in [0.1, 0.15) is 6.23 Å². The van der Waals surface area contributed by atoms with Crippen LogP contribution >= 0.6 is 24.4 Å². The maximum Gasteiger partial charge on any atom is 0.263 e. The molecule has 4 atom stereocenters. The highest BCUT2D eigenvalue weighted by atomic mass is 32.1. The van der Waals surface area contributed by atoms with Gasteiger partial charge in [0.25, 0.3) is 5.85 Å². The summed E-state index contributed by atoms with van der Waals surface area (Å²) in [6, 6.07) is 0. The van der Waals surface area contributed by atoms with Gasteiger partial charge < -0.3 is 25.0 Å². The predicted octanol–water partition coefficient (Wildman–Crippen LogP) is 0.663. The fourth-order valence-corrected chi connectivity index (χ4v) is 2.52. The monoisotopic (exact) mass is 344 g/mol. The second-order valence-electron chi connectivity index (χ2n) is 4.59. The van der Waals surface area contributed by atoms with Crippen LogP contribution in [0.5, 0.6) is 0 Å². The van der Waals surface area contributed by atoms with Crippen molar-refractivity contribution in [2.24, 2.45) is 0 Å². The van der Waals surface area contributed by atoms with Gasteiger partial charge >= 0.3 is 0 Å². The highest BCUT2D eigenvalue weighted by Gasteiger charge is 2.65. The van der Waals surface area contributed by atoms with Crippen molar-refractivity contribution in [2.75, 3.05) is 13.3 Å². The van der Waals surface area contributed by atoms with Crippen molar-refractivity contribution < 1.29 is 33.2 Å². The predicted molar refractivity (Wildman–Crippen MR) is 68.4 cm³/mol. The van der Waals surface area contributed by atoms with E-state index in [1.165, 1.54) is 0 Å². The summed E-state index contributed by atoms with van der Waals surface area (Å²) in [6.45, 7) is -2.96. The van der Waals surface area contributed by atoms with Crippen LogP contribution in [0, 0.1) is 15.2 Å². The van der Waals surface area contributed by atoms with Crippen LogP contribution in [0.2, 0.25) is 0 Å². The molecule has 2 rings (SSSR count). The Hall–Kier alpha value is -0.850. The van der Waals surface area contributed by atoms with Gasteiger partial charge in [0.1, 0.15) is 17.9 Å². The maximum absolute atomic E-state index is 14.1. The summed E-state index contributed by atoms with van der Waals surface area (Å²) in [4.78, 5) is 2.24. The molecule has 4 N–H and O–H groups in total. The fourth-order valence-electron chi connectivity index (χ4n) is 2.06. The third kappa shape index (κ3) is 2.43. The molecule has 0 saturated carbocycles. The van der Waals surface area contributed by atoms with E-state index in [0.29, 0.717) is 10.8 Å². The summed E-state index contributed by atoms with van der Waals surface area (Å²) < 4.78 is 45.5. The number of aromatic nitrogens is 2. The standard InChI is InChI=1S/C10H11F3N2O4S2/c11-2-9(18)6(17)10(13,3-16)19-7(9)15-1-4(12)5(20)14-8(15)21/h1,6-7,16-18H,2-3H2,(H,14,20,21)/t6-,7-,9?,10-/m1/s1. The Morgan fingerprint density at radius 2 is 2.10 bits per heavy atom. The molecule has 118 valence electrons. The first-order valence-electron chi connectivity index (χ1n) is 5.64. The zero-order valence-electron chi connectivity index (χ0n) is 10.3. The molecule has 0 radical (unpaired) electrons. The van der Waals surface area contributed by atoms with Crippen LogP contribution in [-0.4, -0.2) is 55.7 Å². The van der Waals surface area contributed by atoms with Crippen molar-refractivity contribution in [3.8, 4) is 0 Å². The average Bonchev–Trinajstić information content (AvgIpc) is 2.66. The molecule has 1 aliphatic heterocycles. The van der Waals surface area contributed by atoms with Gasteiger partial charge in [-0.2, -0.15) is 0 Å². The van der Waals surface area contributed by atoms with Gasteiger partial charge in [0.05, 0.1) is 0 Å². The van der Waals surface area contributed by atoms with Gasteiger partial charge in [-0.25, -0.2) is 13.2 Å². The molecule has 0 spiro atoms. The molecule has 1 saturated heterocycles. The molecule has 1 aromatic heterocycles. The van der Waals surface area contributed by atoms with E-state index in [0.717, 1.165) is 0 Å². The summed E-state index contributed by atoms with van der Waals surface area (Å²) in [5, 5.41) is 28.7. The molecule has 1 unspecified atom stereocenters. The van der Waals surface area contributed by atoms with E-state index in [-0.39, 0.29) is 9.41 Å². The number of alkyl halides is 2. The molecule has 21 heavy (non-hydrogen) atoms. The highest BCUT2D eigenvalue weighted by Crippen LogP contribution is 2.45. The van der Waals surface area contributed by atoms with Crippen LogP contribution < -0.4 is 0 Å². The van der Waals surface area contributed by atoms with E-state index in [1.807, 2.05) is 0 Å². The quantitative estimate of drug-likeness (QED) is 0.603. The van der Waals surface area contributed by atoms with Gasteiger partial charge in [0.2, 0.25) is 0 Å². The molecule has 0 amide bonds. The van der Waals surface area contributed by atoms with Crippen LogP contribution in [0.3, 0.4) is 0 Å². The van der Waals surface area contributed by atoms with Crippen LogP contribution in [0.4, 0.5) is 13.2 Å². The first-order chi connectivity index (χ1) is 9.69. The lowest BCUT2D eigenvalue weighted by atomic mass is 9.94. The normalized spacial score (nSPS) is 36.1. The molecule has 1 aromatic rings. The Kier molecular flexibility index (Phi) is 4.26. The lowest BCUT2D eigenvalue weighted by Crippen LogP contribution is -2.52. The molecule has 2 heterocycles. The number of H-pyrrole nitrogens is 1. The smallest absolute Gasteiger partial charge is 0.263 e. The third-order valence-corrected chi connectivity index (χ3v) is 3.83. The van der Waals surface area contributed by atoms with Crippen molar-refractivity contribution >= 4 is 24.4 Å². The number of halogens is 3. The Morgan fingerprint density at radius 1 is 1.48 bits per heavy atom. The third-order valence-electron chi connectivity index (χ3n) is 3.22. The number of ether oxygens (including phenoxy) is 1. The zero-order chi connectivity index (χ0) is 16.0. The van der Waals surface area contributed by atoms with E-state index < -0.39 is 42.9 Å². The molecule has 0 aromatic carbocycles. The summed E-state index contributed by atoms with van der Waals surface area (Å²) >= 11 is 9.43. The van der Waals surface area contributed by atoms with E-state index in [4.69, 9.17) is 22.1 Å². The Morgan fingerprint density at radius 3 is 2.62 bits per heavy atom. The molecule has 6 nitrogen and oxygen atoms in total. The van der Waals surface area contributed by atoms with Crippen LogP contribution in [0.25, 0.3) is 0 Å². The first-order valence-corrected chi connectivity index (χ1v) is 6.46. The number of hydrogen-bond donors (Lipinski definition) is 4. The van der Waals surface area contributed by atoms with E-state index in [1.54, 1.807) is 0 Å². The molecule has 1 aliphatic rings. The van der Waals surface area contributed by atoms with Crippen molar-refractivity contribution in [2.45, 2.75) is 23.8 Å². The van der Waals surface area contributed by atoms with Crippen LogP contribution in [0.15, 0.2) is 6.20 Å². The molecule has 0 bridgehead atoms. The van der Waals surface area contributed by atoms with Crippen molar-refractivity contribution in [3.63, 3.8) is 0 Å². The first kappa shape index (κ1) is 16.5. The second-order valence-corrected chi connectivity index (χ2v) is 5.38. The molecular formula is C10H11F3N2O4S2. The molecule has 11 heteroatoms. The van der Waals surface area contributed by atoms with E-state index in [2.05, 4.69) is 17.2 Å². The minimum Gasteiger partial charge on any atom is -0.390 e. The van der Waals surface area contributed by atoms with Gasteiger partial charge in [-0.1, -0.05) is 12.2 Å². The van der Waals surface area contributed by atoms with Gasteiger partial charge in [0, 0.05) is 6.20 Å². The van der Waals surface area contributed by atoms with Crippen molar-refractivity contribution in [3.05, 3.63) is 21.4 Å². The average molecular weight is 344 g/mol. The maximum atomic E-state index is 14.1. The molecule has 1 fully saturated rings. The summed E-state index contributed by atoms with van der Waals surface area (Å²) in [7, 11) is 0. The highest BCUT2D eigenvalue weighted by molar-refractivity contribution is 7.72. The minimum absolute atomic E-state index is 0.285. The fraction of sp³-hybridized carbons (Fsp3) is 0.600. The van der Waals surface area contributed by atoms with Gasteiger partial charge in [-0.15, -0.1) is 0 Å². The zero-order valence-corrected chi connectivity index (χ0v) is 11.9. The number of aliphatic hydroxyl groups excluding tert-OH is 2. The Balaban J connectivity index is 2.60. The van der Waals surface area contributed by atoms with E-state index in [9.17, 15) is 23.4 Å². The molecule has 0 aliphatic carbocycles. The lowest BCUT2D eigenvalue weighted by molar-refractivity contribution is -0.207. The van der Waals surface area contributed by atoms with Gasteiger partial charge in [-0.05, 0) is 12.2 Å². The number of nitrogens with zero attached hydrogens (tertiary/aromatic N) is 1. The van der Waals surface area contributed by atoms with Gasteiger partial charge in [0.15, 0.2) is 28.5 Å². The number of aromatic amines is 1. The Bertz CT molecular complexity index is 668. The van der Waals surface area contributed by atoms with Crippen molar-refractivity contribution in [1.29, 1.82) is 0 Å².